The number of carbonyl (C=O) groups is 1. The Balaban J connectivity index is 1.98. The molecule has 0 radical (unpaired) electrons. The third kappa shape index (κ3) is 4.75. The molecule has 2 nitrogen and oxygen atoms in total. The third-order valence-electron chi connectivity index (χ3n) is 2.99. The molecule has 0 aliphatic carbocycles. The fourth-order valence-electron chi connectivity index (χ4n) is 1.77. The molecule has 1 N–H and O–H groups in total. The molecule has 0 aromatic heterocycles. The number of carbonyl (C=O) groups excluding carboxylic acids is 1. The molecule has 5 heteroatoms. The summed E-state index contributed by atoms with van der Waals surface area (Å²) < 4.78 is 0. The molecule has 0 aliphatic rings. The largest absolute Gasteiger partial charge is 0.388 e. The predicted molar refractivity (Wildman–Crippen MR) is 88.1 cm³/mol. The summed E-state index contributed by atoms with van der Waals surface area (Å²) in [7, 11) is 0. The molecule has 110 valence electrons. The quantitative estimate of drug-likeness (QED) is 0.791. The highest BCUT2D eigenvalue weighted by Crippen LogP contribution is 2.28. The van der Waals surface area contributed by atoms with Crippen LogP contribution >= 0.6 is 35.0 Å². The van der Waals surface area contributed by atoms with Crippen LogP contribution in [0.4, 0.5) is 0 Å². The number of halogens is 2. The summed E-state index contributed by atoms with van der Waals surface area (Å²) in [5, 5.41) is 11.2. The first-order valence-electron chi connectivity index (χ1n) is 6.36. The van der Waals surface area contributed by atoms with Gasteiger partial charge in [-0.3, -0.25) is 4.79 Å². The van der Waals surface area contributed by atoms with Crippen LogP contribution in [0.2, 0.25) is 10.0 Å². The van der Waals surface area contributed by atoms with Crippen molar-refractivity contribution in [3.63, 3.8) is 0 Å². The van der Waals surface area contributed by atoms with E-state index in [0.717, 1.165) is 22.2 Å². The Hall–Kier alpha value is -1.00. The first kappa shape index (κ1) is 16.4. The van der Waals surface area contributed by atoms with Crippen LogP contribution in [0.25, 0.3) is 0 Å². The zero-order valence-corrected chi connectivity index (χ0v) is 13.7. The van der Waals surface area contributed by atoms with Crippen molar-refractivity contribution in [2.75, 3.05) is 0 Å². The highest BCUT2D eigenvalue weighted by Gasteiger charge is 2.15. The number of aliphatic hydroxyl groups is 1. The van der Waals surface area contributed by atoms with Gasteiger partial charge in [0, 0.05) is 21.4 Å². The zero-order chi connectivity index (χ0) is 15.4. The van der Waals surface area contributed by atoms with E-state index in [9.17, 15) is 9.90 Å². The second kappa shape index (κ2) is 7.32. The van der Waals surface area contributed by atoms with Gasteiger partial charge in [-0.05, 0) is 48.4 Å². The van der Waals surface area contributed by atoms with Crippen molar-refractivity contribution in [3.05, 3.63) is 63.6 Å². The van der Waals surface area contributed by atoms with Gasteiger partial charge in [0.25, 0.3) is 0 Å². The van der Waals surface area contributed by atoms with Gasteiger partial charge in [0.2, 0.25) is 0 Å². The highest BCUT2D eigenvalue weighted by atomic mass is 35.5. The molecule has 2 rings (SSSR count). The molecular formula is C16H14Cl2O2S. The Labute approximate surface area is 138 Å². The summed E-state index contributed by atoms with van der Waals surface area (Å²) in [6.45, 7) is 1.89. The lowest BCUT2D eigenvalue weighted by Gasteiger charge is -2.11. The number of hydrogen-bond acceptors (Lipinski definition) is 3. The lowest BCUT2D eigenvalue weighted by atomic mass is 10.1. The number of thioether (sulfide) groups is 1. The van der Waals surface area contributed by atoms with E-state index in [1.54, 1.807) is 36.4 Å². The molecule has 0 amide bonds. The second-order valence-corrected chi connectivity index (χ2v) is 6.63. The maximum atomic E-state index is 12.0. The van der Waals surface area contributed by atoms with E-state index in [0.29, 0.717) is 15.6 Å². The molecule has 0 saturated carbocycles. The SMILES string of the molecule is Cc1ccc(C(O)CC(=O)Sc2ccc(Cl)cc2)cc1Cl. The smallest absolute Gasteiger partial charge is 0.196 e. The summed E-state index contributed by atoms with van der Waals surface area (Å²) in [6.07, 6.45) is -0.817. The molecule has 0 bridgehead atoms. The Morgan fingerprint density at radius 2 is 1.86 bits per heavy atom. The Kier molecular flexibility index (Phi) is 5.71. The van der Waals surface area contributed by atoms with Gasteiger partial charge in [-0.2, -0.15) is 0 Å². The monoisotopic (exact) mass is 340 g/mol. The van der Waals surface area contributed by atoms with Crippen LogP contribution in [0.1, 0.15) is 23.7 Å². The van der Waals surface area contributed by atoms with Gasteiger partial charge in [0.1, 0.15) is 0 Å². The van der Waals surface area contributed by atoms with Crippen molar-refractivity contribution in [2.24, 2.45) is 0 Å². The van der Waals surface area contributed by atoms with Gasteiger partial charge < -0.3 is 5.11 Å². The van der Waals surface area contributed by atoms with Crippen LogP contribution in [0.5, 0.6) is 0 Å². The number of aryl methyl sites for hydroxylation is 1. The number of aliphatic hydroxyl groups excluding tert-OH is 1. The van der Waals surface area contributed by atoms with Gasteiger partial charge >= 0.3 is 0 Å². The predicted octanol–water partition coefficient (Wildman–Crippen LogP) is 5.04. The fraction of sp³-hybridized carbons (Fsp3) is 0.188. The molecule has 0 fully saturated rings. The van der Waals surface area contributed by atoms with E-state index in [-0.39, 0.29) is 11.5 Å². The van der Waals surface area contributed by atoms with Gasteiger partial charge in [0.15, 0.2) is 5.12 Å². The normalized spacial score (nSPS) is 12.2. The van der Waals surface area contributed by atoms with Crippen molar-refractivity contribution in [1.29, 1.82) is 0 Å². The van der Waals surface area contributed by atoms with Gasteiger partial charge in [-0.25, -0.2) is 0 Å². The van der Waals surface area contributed by atoms with Crippen molar-refractivity contribution < 1.29 is 9.90 Å². The van der Waals surface area contributed by atoms with Crippen LogP contribution in [0.15, 0.2) is 47.4 Å². The summed E-state index contributed by atoms with van der Waals surface area (Å²) in [5.74, 6) is 0. The Bertz CT molecular complexity index is 641. The lowest BCUT2D eigenvalue weighted by Crippen LogP contribution is -2.03. The fourth-order valence-corrected chi connectivity index (χ4v) is 2.86. The van der Waals surface area contributed by atoms with E-state index < -0.39 is 6.10 Å². The standard InChI is InChI=1S/C16H14Cl2O2S/c1-10-2-3-11(8-14(10)18)15(19)9-16(20)21-13-6-4-12(17)5-7-13/h2-8,15,19H,9H2,1H3. The number of rotatable bonds is 4. The molecule has 0 aliphatic heterocycles. The van der Waals surface area contributed by atoms with Crippen molar-refractivity contribution >= 4 is 40.1 Å². The van der Waals surface area contributed by atoms with Crippen molar-refractivity contribution in [3.8, 4) is 0 Å². The Morgan fingerprint density at radius 3 is 2.48 bits per heavy atom. The summed E-state index contributed by atoms with van der Waals surface area (Å²) >= 11 is 12.9. The molecule has 0 heterocycles. The molecule has 0 saturated heterocycles. The second-order valence-electron chi connectivity index (χ2n) is 4.66. The first-order valence-corrected chi connectivity index (χ1v) is 7.93. The topological polar surface area (TPSA) is 37.3 Å². The van der Waals surface area contributed by atoms with Gasteiger partial charge in [-0.1, -0.05) is 47.1 Å². The van der Waals surface area contributed by atoms with Crippen LogP contribution in [-0.4, -0.2) is 10.2 Å². The van der Waals surface area contributed by atoms with Gasteiger partial charge in [0.05, 0.1) is 6.10 Å². The van der Waals surface area contributed by atoms with E-state index in [2.05, 4.69) is 0 Å². The minimum Gasteiger partial charge on any atom is -0.388 e. The molecule has 21 heavy (non-hydrogen) atoms. The van der Waals surface area contributed by atoms with Crippen LogP contribution < -0.4 is 0 Å². The van der Waals surface area contributed by atoms with Crippen molar-refractivity contribution in [1.82, 2.24) is 0 Å². The molecular weight excluding hydrogens is 327 g/mol. The Morgan fingerprint density at radius 1 is 1.19 bits per heavy atom. The molecule has 1 atom stereocenters. The number of hydrogen-bond donors (Lipinski definition) is 1. The summed E-state index contributed by atoms with van der Waals surface area (Å²) in [4.78, 5) is 12.8. The molecule has 1 unspecified atom stereocenters. The van der Waals surface area contributed by atoms with Crippen LogP contribution in [0.3, 0.4) is 0 Å². The van der Waals surface area contributed by atoms with E-state index in [1.807, 2.05) is 13.0 Å². The maximum Gasteiger partial charge on any atom is 0.196 e. The maximum absolute atomic E-state index is 12.0. The zero-order valence-electron chi connectivity index (χ0n) is 11.3. The van der Waals surface area contributed by atoms with Crippen molar-refractivity contribution in [2.45, 2.75) is 24.3 Å². The average Bonchev–Trinajstić information content (AvgIpc) is 2.44. The summed E-state index contributed by atoms with van der Waals surface area (Å²) in [5.41, 5.74) is 1.59. The molecule has 0 spiro atoms. The van der Waals surface area contributed by atoms with E-state index >= 15 is 0 Å². The minimum absolute atomic E-state index is 0.0344. The van der Waals surface area contributed by atoms with Crippen LogP contribution in [-0.2, 0) is 4.79 Å². The third-order valence-corrected chi connectivity index (χ3v) is 4.55. The average molecular weight is 341 g/mol. The molecule has 2 aromatic rings. The number of benzene rings is 2. The van der Waals surface area contributed by atoms with Crippen LogP contribution in [0, 0.1) is 6.92 Å². The molecule has 2 aromatic carbocycles. The van der Waals surface area contributed by atoms with Gasteiger partial charge in [-0.15, -0.1) is 0 Å². The summed E-state index contributed by atoms with van der Waals surface area (Å²) in [6, 6.07) is 12.3. The highest BCUT2D eigenvalue weighted by molar-refractivity contribution is 8.13. The lowest BCUT2D eigenvalue weighted by molar-refractivity contribution is -0.112. The minimum atomic E-state index is -0.851. The first-order chi connectivity index (χ1) is 9.95. The van der Waals surface area contributed by atoms with E-state index in [4.69, 9.17) is 23.2 Å². The van der Waals surface area contributed by atoms with E-state index in [1.165, 1.54) is 0 Å².